The Balaban J connectivity index is 2.60. The third-order valence-electron chi connectivity index (χ3n) is 1.93. The average molecular weight is 292 g/mol. The molecule has 1 aromatic rings. The molecule has 0 radical (unpaired) electrons. The molecule has 0 aromatic heterocycles. The van der Waals surface area contributed by atoms with E-state index in [0.29, 0.717) is 15.8 Å². The SMILES string of the molecule is CC(Oc1cc(Cl)cc(Cl)c1)C(=O)NCC(=O)O. The molecule has 5 nitrogen and oxygen atoms in total. The number of carboxylic acid groups (broad SMARTS) is 1. The number of ether oxygens (including phenoxy) is 1. The van der Waals surface area contributed by atoms with Crippen LogP contribution < -0.4 is 10.1 Å². The summed E-state index contributed by atoms with van der Waals surface area (Å²) in [7, 11) is 0. The standard InChI is InChI=1S/C11H11Cl2NO4/c1-6(11(17)14-5-10(15)16)18-9-3-7(12)2-8(13)4-9/h2-4,6H,5H2,1H3,(H,14,17)(H,15,16). The van der Waals surface area contributed by atoms with Crippen LogP contribution in [0.25, 0.3) is 0 Å². The number of aliphatic carboxylic acids is 1. The summed E-state index contributed by atoms with van der Waals surface area (Å²) < 4.78 is 5.30. The van der Waals surface area contributed by atoms with Crippen molar-refractivity contribution in [3.8, 4) is 5.75 Å². The van der Waals surface area contributed by atoms with E-state index in [0.717, 1.165) is 0 Å². The molecule has 18 heavy (non-hydrogen) atoms. The van der Waals surface area contributed by atoms with Crippen LogP contribution in [0, 0.1) is 0 Å². The summed E-state index contributed by atoms with van der Waals surface area (Å²) in [5, 5.41) is 11.4. The number of rotatable bonds is 5. The second-order valence-electron chi connectivity index (χ2n) is 3.48. The third-order valence-corrected chi connectivity index (χ3v) is 2.37. The lowest BCUT2D eigenvalue weighted by Crippen LogP contribution is -2.39. The molecule has 0 aliphatic carbocycles. The average Bonchev–Trinajstić information content (AvgIpc) is 2.24. The third kappa shape index (κ3) is 4.81. The van der Waals surface area contributed by atoms with Crippen molar-refractivity contribution in [2.45, 2.75) is 13.0 Å². The molecule has 1 unspecified atom stereocenters. The molecule has 7 heteroatoms. The van der Waals surface area contributed by atoms with Gasteiger partial charge in [-0.3, -0.25) is 9.59 Å². The Morgan fingerprint density at radius 3 is 2.39 bits per heavy atom. The van der Waals surface area contributed by atoms with Gasteiger partial charge in [-0.25, -0.2) is 0 Å². The van der Waals surface area contributed by atoms with Gasteiger partial charge in [-0.1, -0.05) is 23.2 Å². The van der Waals surface area contributed by atoms with Crippen LogP contribution in [0.15, 0.2) is 18.2 Å². The lowest BCUT2D eigenvalue weighted by atomic mass is 10.3. The van der Waals surface area contributed by atoms with Crippen molar-refractivity contribution in [2.75, 3.05) is 6.54 Å². The van der Waals surface area contributed by atoms with E-state index in [1.165, 1.54) is 25.1 Å². The van der Waals surface area contributed by atoms with Gasteiger partial charge >= 0.3 is 5.97 Å². The predicted molar refractivity (Wildman–Crippen MR) is 67.2 cm³/mol. The van der Waals surface area contributed by atoms with E-state index in [-0.39, 0.29) is 0 Å². The van der Waals surface area contributed by atoms with Crippen LogP contribution in [0.1, 0.15) is 6.92 Å². The molecule has 0 aliphatic heterocycles. The Labute approximate surface area is 114 Å². The quantitative estimate of drug-likeness (QED) is 0.870. The zero-order valence-corrected chi connectivity index (χ0v) is 11.0. The minimum Gasteiger partial charge on any atom is -0.481 e. The van der Waals surface area contributed by atoms with Crippen molar-refractivity contribution >= 4 is 35.1 Å². The fourth-order valence-electron chi connectivity index (χ4n) is 1.16. The van der Waals surface area contributed by atoms with Gasteiger partial charge in [0, 0.05) is 10.0 Å². The fraction of sp³-hybridized carbons (Fsp3) is 0.273. The number of hydrogen-bond donors (Lipinski definition) is 2. The maximum atomic E-state index is 11.5. The van der Waals surface area contributed by atoms with Crippen molar-refractivity contribution in [3.05, 3.63) is 28.2 Å². The van der Waals surface area contributed by atoms with Crippen LogP contribution in [-0.4, -0.2) is 29.6 Å². The van der Waals surface area contributed by atoms with Crippen molar-refractivity contribution in [2.24, 2.45) is 0 Å². The number of halogens is 2. The van der Waals surface area contributed by atoms with E-state index >= 15 is 0 Å². The number of benzene rings is 1. The lowest BCUT2D eigenvalue weighted by molar-refractivity contribution is -0.139. The van der Waals surface area contributed by atoms with E-state index in [2.05, 4.69) is 5.32 Å². The number of carbonyl (C=O) groups excluding carboxylic acids is 1. The Bertz CT molecular complexity index is 444. The Hall–Kier alpha value is -1.46. The first-order chi connectivity index (χ1) is 8.38. The van der Waals surface area contributed by atoms with Gasteiger partial charge in [0.15, 0.2) is 6.10 Å². The highest BCUT2D eigenvalue weighted by Crippen LogP contribution is 2.24. The molecule has 98 valence electrons. The van der Waals surface area contributed by atoms with Crippen LogP contribution in [0.2, 0.25) is 10.0 Å². The van der Waals surface area contributed by atoms with E-state index in [4.69, 9.17) is 33.0 Å². The van der Waals surface area contributed by atoms with E-state index in [1.807, 2.05) is 0 Å². The number of carbonyl (C=O) groups is 2. The molecule has 2 N–H and O–H groups in total. The maximum absolute atomic E-state index is 11.5. The number of hydrogen-bond acceptors (Lipinski definition) is 3. The highest BCUT2D eigenvalue weighted by atomic mass is 35.5. The van der Waals surface area contributed by atoms with Gasteiger partial charge in [-0.2, -0.15) is 0 Å². The molecule has 0 fully saturated rings. The van der Waals surface area contributed by atoms with Crippen molar-refractivity contribution in [3.63, 3.8) is 0 Å². The molecular formula is C11H11Cl2NO4. The van der Waals surface area contributed by atoms with Gasteiger partial charge in [0.1, 0.15) is 12.3 Å². The van der Waals surface area contributed by atoms with Crippen LogP contribution in [0.5, 0.6) is 5.75 Å². The molecule has 1 atom stereocenters. The number of carboxylic acids is 1. The highest BCUT2D eigenvalue weighted by Gasteiger charge is 2.15. The normalized spacial score (nSPS) is 11.7. The van der Waals surface area contributed by atoms with E-state index in [1.54, 1.807) is 0 Å². The van der Waals surface area contributed by atoms with Crippen LogP contribution in [-0.2, 0) is 9.59 Å². The van der Waals surface area contributed by atoms with Crippen molar-refractivity contribution in [1.82, 2.24) is 5.32 Å². The number of nitrogens with one attached hydrogen (secondary N) is 1. The minimum atomic E-state index is -1.12. The maximum Gasteiger partial charge on any atom is 0.322 e. The van der Waals surface area contributed by atoms with E-state index in [9.17, 15) is 9.59 Å². The summed E-state index contributed by atoms with van der Waals surface area (Å²) in [5.41, 5.74) is 0. The van der Waals surface area contributed by atoms with E-state index < -0.39 is 24.5 Å². The predicted octanol–water partition coefficient (Wildman–Crippen LogP) is 1.96. The Kier molecular flexibility index (Phi) is 5.25. The fourth-order valence-corrected chi connectivity index (χ4v) is 1.67. The molecule has 0 heterocycles. The first kappa shape index (κ1) is 14.6. The molecule has 0 saturated carbocycles. The zero-order valence-electron chi connectivity index (χ0n) is 9.44. The van der Waals surface area contributed by atoms with Crippen molar-refractivity contribution < 1.29 is 19.4 Å². The largest absolute Gasteiger partial charge is 0.481 e. The molecule has 1 rings (SSSR count). The van der Waals surface area contributed by atoms with Crippen LogP contribution in [0.4, 0.5) is 0 Å². The molecule has 0 spiro atoms. The summed E-state index contributed by atoms with van der Waals surface area (Å²) in [6.07, 6.45) is -0.848. The smallest absolute Gasteiger partial charge is 0.322 e. The first-order valence-electron chi connectivity index (χ1n) is 5.00. The van der Waals surface area contributed by atoms with Crippen LogP contribution in [0.3, 0.4) is 0 Å². The second-order valence-corrected chi connectivity index (χ2v) is 4.35. The molecular weight excluding hydrogens is 281 g/mol. The first-order valence-corrected chi connectivity index (χ1v) is 5.76. The van der Waals surface area contributed by atoms with Gasteiger partial charge in [-0.05, 0) is 25.1 Å². The lowest BCUT2D eigenvalue weighted by Gasteiger charge is -2.14. The summed E-state index contributed by atoms with van der Waals surface area (Å²) in [6.45, 7) is 1.04. The van der Waals surface area contributed by atoms with Gasteiger partial charge in [-0.15, -0.1) is 0 Å². The topological polar surface area (TPSA) is 75.6 Å². The molecule has 0 aliphatic rings. The summed E-state index contributed by atoms with van der Waals surface area (Å²) in [4.78, 5) is 21.7. The monoisotopic (exact) mass is 291 g/mol. The number of amides is 1. The van der Waals surface area contributed by atoms with Crippen LogP contribution >= 0.6 is 23.2 Å². The summed E-state index contributed by atoms with van der Waals surface area (Å²) >= 11 is 11.5. The molecule has 1 aromatic carbocycles. The summed E-state index contributed by atoms with van der Waals surface area (Å²) in [6, 6.07) is 4.55. The minimum absolute atomic E-state index is 0.338. The summed E-state index contributed by atoms with van der Waals surface area (Å²) in [5.74, 6) is -1.32. The van der Waals surface area contributed by atoms with Gasteiger partial charge in [0.2, 0.25) is 0 Å². The van der Waals surface area contributed by atoms with Crippen molar-refractivity contribution in [1.29, 1.82) is 0 Å². The Morgan fingerprint density at radius 1 is 1.33 bits per heavy atom. The van der Waals surface area contributed by atoms with Gasteiger partial charge < -0.3 is 15.2 Å². The van der Waals surface area contributed by atoms with Gasteiger partial charge in [0.25, 0.3) is 5.91 Å². The van der Waals surface area contributed by atoms with Gasteiger partial charge in [0.05, 0.1) is 0 Å². The second kappa shape index (κ2) is 6.47. The zero-order chi connectivity index (χ0) is 13.7. The highest BCUT2D eigenvalue weighted by molar-refractivity contribution is 6.34. The Morgan fingerprint density at radius 2 is 1.89 bits per heavy atom. The molecule has 0 bridgehead atoms. The molecule has 0 saturated heterocycles. The molecule has 1 amide bonds.